The molecule has 132 valence electrons. The lowest BCUT2D eigenvalue weighted by atomic mass is 9.85. The lowest BCUT2D eigenvalue weighted by Crippen LogP contribution is -2.14. The van der Waals surface area contributed by atoms with Gasteiger partial charge in [-0.1, -0.05) is 39.5 Å². The quantitative estimate of drug-likeness (QED) is 0.467. The number of carbonyl (C=O) groups excluding carboxylic acids is 2. The molecule has 0 aromatic heterocycles. The van der Waals surface area contributed by atoms with E-state index in [-0.39, 0.29) is 29.9 Å². The number of unbranched alkanes of at least 4 members (excludes halogenated alkanes) is 1. The number of para-hydroxylation sites is 1. The molecule has 5 nitrogen and oxygen atoms in total. The molecule has 0 unspecified atom stereocenters. The SMILES string of the molecule is C=C(C)C(=O)OCCCCOC(=O)c1cccc(C(C)(C)C)c1O. The number of hydrogen-bond donors (Lipinski definition) is 1. The zero-order chi connectivity index (χ0) is 18.3. The van der Waals surface area contributed by atoms with Crippen molar-refractivity contribution in [2.45, 2.75) is 46.0 Å². The summed E-state index contributed by atoms with van der Waals surface area (Å²) in [5.41, 5.74) is 0.948. The zero-order valence-electron chi connectivity index (χ0n) is 14.8. The minimum absolute atomic E-state index is 0.0367. The monoisotopic (exact) mass is 334 g/mol. The molecule has 0 saturated carbocycles. The molecule has 0 fully saturated rings. The molecule has 0 amide bonds. The van der Waals surface area contributed by atoms with Gasteiger partial charge in [0.05, 0.1) is 13.2 Å². The van der Waals surface area contributed by atoms with Gasteiger partial charge in [0.15, 0.2) is 0 Å². The van der Waals surface area contributed by atoms with Crippen LogP contribution in [0.3, 0.4) is 0 Å². The van der Waals surface area contributed by atoms with Gasteiger partial charge < -0.3 is 14.6 Å². The van der Waals surface area contributed by atoms with Gasteiger partial charge in [-0.15, -0.1) is 0 Å². The average molecular weight is 334 g/mol. The fourth-order valence-corrected chi connectivity index (χ4v) is 2.05. The van der Waals surface area contributed by atoms with Crippen LogP contribution in [0.4, 0.5) is 0 Å². The molecule has 0 radical (unpaired) electrons. The number of esters is 2. The van der Waals surface area contributed by atoms with Crippen molar-refractivity contribution in [2.75, 3.05) is 13.2 Å². The van der Waals surface area contributed by atoms with Gasteiger partial charge in [-0.3, -0.25) is 0 Å². The average Bonchev–Trinajstić information content (AvgIpc) is 2.49. The van der Waals surface area contributed by atoms with Crippen molar-refractivity contribution in [3.05, 3.63) is 41.5 Å². The third-order valence-corrected chi connectivity index (χ3v) is 3.42. The molecular formula is C19H26O5. The number of rotatable bonds is 7. The Labute approximate surface area is 143 Å². The normalized spacial score (nSPS) is 11.0. The van der Waals surface area contributed by atoms with Crippen molar-refractivity contribution < 1.29 is 24.2 Å². The molecule has 0 aliphatic heterocycles. The lowest BCUT2D eigenvalue weighted by Gasteiger charge is -2.21. The summed E-state index contributed by atoms with van der Waals surface area (Å²) in [6.45, 7) is 11.4. The van der Waals surface area contributed by atoms with Gasteiger partial charge in [-0.05, 0) is 31.2 Å². The van der Waals surface area contributed by atoms with Crippen LogP contribution in [0, 0.1) is 0 Å². The standard InChI is InChI=1S/C19H26O5/c1-13(2)17(21)23-11-6-7-12-24-18(22)14-9-8-10-15(16(14)20)19(3,4)5/h8-10,20H,1,6-7,11-12H2,2-5H3. The van der Waals surface area contributed by atoms with Crippen LogP contribution in [0.25, 0.3) is 0 Å². The Morgan fingerprint density at radius 2 is 1.71 bits per heavy atom. The van der Waals surface area contributed by atoms with E-state index in [2.05, 4.69) is 6.58 Å². The summed E-state index contributed by atoms with van der Waals surface area (Å²) in [6, 6.07) is 5.07. The second-order valence-electron chi connectivity index (χ2n) is 6.71. The number of hydrogen-bond acceptors (Lipinski definition) is 5. The molecule has 0 aliphatic rings. The molecule has 0 saturated heterocycles. The maximum atomic E-state index is 12.1. The van der Waals surface area contributed by atoms with Crippen molar-refractivity contribution in [1.82, 2.24) is 0 Å². The Morgan fingerprint density at radius 3 is 2.25 bits per heavy atom. The number of phenols is 1. The van der Waals surface area contributed by atoms with Crippen molar-refractivity contribution in [1.29, 1.82) is 0 Å². The Morgan fingerprint density at radius 1 is 1.12 bits per heavy atom. The molecule has 0 spiro atoms. The van der Waals surface area contributed by atoms with Crippen molar-refractivity contribution >= 4 is 11.9 Å². The highest BCUT2D eigenvalue weighted by atomic mass is 16.5. The van der Waals surface area contributed by atoms with Crippen LogP contribution < -0.4 is 0 Å². The van der Waals surface area contributed by atoms with E-state index in [0.29, 0.717) is 24.0 Å². The largest absolute Gasteiger partial charge is 0.507 e. The van der Waals surface area contributed by atoms with E-state index in [1.807, 2.05) is 20.8 Å². The molecule has 1 aromatic rings. The van der Waals surface area contributed by atoms with Crippen LogP contribution in [0.1, 0.15) is 56.5 Å². The van der Waals surface area contributed by atoms with Crippen LogP contribution in [-0.2, 0) is 19.7 Å². The number of ether oxygens (including phenoxy) is 2. The van der Waals surface area contributed by atoms with Crippen LogP contribution in [-0.4, -0.2) is 30.3 Å². The third kappa shape index (κ3) is 5.72. The highest BCUT2D eigenvalue weighted by Crippen LogP contribution is 2.33. The topological polar surface area (TPSA) is 72.8 Å². The van der Waals surface area contributed by atoms with Gasteiger partial charge in [0.1, 0.15) is 11.3 Å². The van der Waals surface area contributed by atoms with Crippen LogP contribution in [0.2, 0.25) is 0 Å². The summed E-state index contributed by atoms with van der Waals surface area (Å²) < 4.78 is 10.1. The third-order valence-electron chi connectivity index (χ3n) is 3.42. The summed E-state index contributed by atoms with van der Waals surface area (Å²) in [5.74, 6) is -1.01. The molecule has 1 N–H and O–H groups in total. The fourth-order valence-electron chi connectivity index (χ4n) is 2.05. The zero-order valence-corrected chi connectivity index (χ0v) is 14.8. The first-order valence-electron chi connectivity index (χ1n) is 7.97. The van der Waals surface area contributed by atoms with Crippen molar-refractivity contribution in [3.63, 3.8) is 0 Å². The predicted octanol–water partition coefficient (Wildman–Crippen LogP) is 3.75. The molecule has 24 heavy (non-hydrogen) atoms. The molecule has 5 heteroatoms. The van der Waals surface area contributed by atoms with E-state index in [0.717, 1.165) is 0 Å². The molecule has 1 aromatic carbocycles. The van der Waals surface area contributed by atoms with E-state index in [1.54, 1.807) is 25.1 Å². The number of aromatic hydroxyl groups is 1. The smallest absolute Gasteiger partial charge is 0.341 e. The van der Waals surface area contributed by atoms with Crippen LogP contribution in [0.5, 0.6) is 5.75 Å². The lowest BCUT2D eigenvalue weighted by molar-refractivity contribution is -0.139. The summed E-state index contributed by atoms with van der Waals surface area (Å²) in [7, 11) is 0. The first-order chi connectivity index (χ1) is 11.1. The van der Waals surface area contributed by atoms with E-state index in [4.69, 9.17) is 9.47 Å². The second-order valence-corrected chi connectivity index (χ2v) is 6.71. The van der Waals surface area contributed by atoms with E-state index in [9.17, 15) is 14.7 Å². The van der Waals surface area contributed by atoms with Gasteiger partial charge in [0.2, 0.25) is 0 Å². The highest BCUT2D eigenvalue weighted by molar-refractivity contribution is 5.93. The Balaban J connectivity index is 2.47. The first kappa shape index (κ1) is 19.7. The van der Waals surface area contributed by atoms with E-state index in [1.165, 1.54) is 0 Å². The molecule has 0 bridgehead atoms. The fraction of sp³-hybridized carbons (Fsp3) is 0.474. The Bertz CT molecular complexity index is 611. The maximum Gasteiger partial charge on any atom is 0.341 e. The maximum absolute atomic E-state index is 12.1. The van der Waals surface area contributed by atoms with Gasteiger partial charge >= 0.3 is 11.9 Å². The highest BCUT2D eigenvalue weighted by Gasteiger charge is 2.22. The second kappa shape index (κ2) is 8.52. The van der Waals surface area contributed by atoms with Gasteiger partial charge in [-0.2, -0.15) is 0 Å². The summed E-state index contributed by atoms with van der Waals surface area (Å²) in [5, 5.41) is 10.3. The van der Waals surface area contributed by atoms with E-state index >= 15 is 0 Å². The van der Waals surface area contributed by atoms with E-state index < -0.39 is 11.9 Å². The number of benzene rings is 1. The minimum Gasteiger partial charge on any atom is -0.507 e. The first-order valence-corrected chi connectivity index (χ1v) is 7.97. The molecular weight excluding hydrogens is 308 g/mol. The predicted molar refractivity (Wildman–Crippen MR) is 92.1 cm³/mol. The van der Waals surface area contributed by atoms with Gasteiger partial charge in [0, 0.05) is 11.1 Å². The Hall–Kier alpha value is -2.30. The molecule has 0 heterocycles. The van der Waals surface area contributed by atoms with Gasteiger partial charge in [-0.25, -0.2) is 9.59 Å². The van der Waals surface area contributed by atoms with Crippen LogP contribution >= 0.6 is 0 Å². The minimum atomic E-state index is -0.558. The number of carbonyl (C=O) groups is 2. The number of phenolic OH excluding ortho intramolecular Hbond substituents is 1. The molecule has 0 atom stereocenters. The Kier molecular flexibility index (Phi) is 7.01. The van der Waals surface area contributed by atoms with Gasteiger partial charge in [0.25, 0.3) is 0 Å². The molecule has 1 rings (SSSR count). The van der Waals surface area contributed by atoms with Crippen molar-refractivity contribution in [3.8, 4) is 5.75 Å². The van der Waals surface area contributed by atoms with Crippen LogP contribution in [0.15, 0.2) is 30.4 Å². The molecule has 0 aliphatic carbocycles. The summed E-state index contributed by atoms with van der Waals surface area (Å²) in [4.78, 5) is 23.3. The summed E-state index contributed by atoms with van der Waals surface area (Å²) in [6.07, 6.45) is 1.15. The van der Waals surface area contributed by atoms with Crippen molar-refractivity contribution in [2.24, 2.45) is 0 Å². The summed E-state index contributed by atoms with van der Waals surface area (Å²) >= 11 is 0.